The molecule has 0 saturated carbocycles. The monoisotopic (exact) mass is 382 g/mol. The maximum Gasteiger partial charge on any atom is 0.243 e. The lowest BCUT2D eigenvalue weighted by Gasteiger charge is -2.29. The molecule has 0 unspecified atom stereocenters. The van der Waals surface area contributed by atoms with E-state index in [2.05, 4.69) is 13.8 Å². The van der Waals surface area contributed by atoms with Crippen molar-refractivity contribution in [2.45, 2.75) is 37.8 Å². The molecule has 0 fully saturated rings. The first-order valence-electron chi connectivity index (χ1n) is 8.35. The maximum atomic E-state index is 13.2. The van der Waals surface area contributed by atoms with Crippen LogP contribution in [0.15, 0.2) is 46.7 Å². The largest absolute Gasteiger partial charge is 0.394 e. The normalized spacial score (nSPS) is 13.5. The highest BCUT2D eigenvalue weighted by molar-refractivity contribution is 7.89. The Morgan fingerprint density at radius 2 is 1.92 bits per heavy atom. The van der Waals surface area contributed by atoms with Crippen LogP contribution in [0.25, 0.3) is 0 Å². The molecule has 3 N–H and O–H groups in total. The first-order valence-corrected chi connectivity index (χ1v) is 10.7. The topological polar surface area (TPSA) is 83.6 Å². The van der Waals surface area contributed by atoms with Gasteiger partial charge in [-0.25, -0.2) is 8.42 Å². The number of sulfonamides is 1. The van der Waals surface area contributed by atoms with Crippen LogP contribution >= 0.6 is 11.3 Å². The molecule has 0 amide bonds. The molecule has 5 nitrogen and oxygen atoms in total. The molecule has 0 aliphatic rings. The van der Waals surface area contributed by atoms with Gasteiger partial charge in [0.15, 0.2) is 0 Å². The molecule has 0 aliphatic heterocycles. The van der Waals surface area contributed by atoms with E-state index in [1.807, 2.05) is 11.4 Å². The highest BCUT2D eigenvalue weighted by Gasteiger charge is 2.32. The highest BCUT2D eigenvalue weighted by Crippen LogP contribution is 2.32. The van der Waals surface area contributed by atoms with Gasteiger partial charge in [-0.05, 0) is 41.5 Å². The molecular formula is C18H26N2O3S2. The summed E-state index contributed by atoms with van der Waals surface area (Å²) in [6.45, 7) is 4.59. The van der Waals surface area contributed by atoms with Gasteiger partial charge < -0.3 is 10.8 Å². The molecule has 1 heterocycles. The molecule has 2 aromatic rings. The van der Waals surface area contributed by atoms with Crippen molar-refractivity contribution in [3.63, 3.8) is 0 Å². The molecule has 0 spiro atoms. The number of nitrogens with zero attached hydrogens (tertiary/aromatic N) is 1. The van der Waals surface area contributed by atoms with E-state index in [1.165, 1.54) is 15.6 Å². The molecular weight excluding hydrogens is 356 g/mol. The van der Waals surface area contributed by atoms with Gasteiger partial charge in [-0.1, -0.05) is 32.0 Å². The van der Waals surface area contributed by atoms with Crippen LogP contribution in [0.5, 0.6) is 0 Å². The van der Waals surface area contributed by atoms with Crippen molar-refractivity contribution in [1.82, 2.24) is 4.31 Å². The first-order chi connectivity index (χ1) is 11.9. The Morgan fingerprint density at radius 3 is 2.44 bits per heavy atom. The van der Waals surface area contributed by atoms with Crippen LogP contribution in [0.2, 0.25) is 0 Å². The van der Waals surface area contributed by atoms with Gasteiger partial charge in [-0.2, -0.15) is 4.31 Å². The van der Waals surface area contributed by atoms with E-state index < -0.39 is 16.1 Å². The minimum Gasteiger partial charge on any atom is -0.394 e. The molecule has 2 rings (SSSR count). The van der Waals surface area contributed by atoms with Crippen LogP contribution in [0, 0.1) is 5.92 Å². The molecule has 0 bridgehead atoms. The van der Waals surface area contributed by atoms with Crippen molar-refractivity contribution in [2.75, 3.05) is 13.2 Å². The summed E-state index contributed by atoms with van der Waals surface area (Å²) in [7, 11) is -3.70. The Hall–Kier alpha value is -1.25. The Labute approximate surface area is 154 Å². The summed E-state index contributed by atoms with van der Waals surface area (Å²) in [6.07, 6.45) is 0.720. The molecule has 0 aliphatic carbocycles. The van der Waals surface area contributed by atoms with Gasteiger partial charge in [0.05, 0.1) is 17.5 Å². The number of hydrogen-bond donors (Lipinski definition) is 2. The lowest BCUT2D eigenvalue weighted by Crippen LogP contribution is -2.37. The summed E-state index contributed by atoms with van der Waals surface area (Å²) < 4.78 is 27.8. The number of hydrogen-bond acceptors (Lipinski definition) is 5. The second-order valence-electron chi connectivity index (χ2n) is 6.37. The SMILES string of the molecule is CC(C)CCN([C@H](CO)c1cc(CN)cs1)S(=O)(=O)c1ccccc1. The van der Waals surface area contributed by atoms with Crippen molar-refractivity contribution in [3.05, 3.63) is 52.2 Å². The summed E-state index contributed by atoms with van der Waals surface area (Å²) in [6, 6.07) is 9.66. The van der Waals surface area contributed by atoms with Gasteiger partial charge >= 0.3 is 0 Å². The molecule has 1 atom stereocenters. The second-order valence-corrected chi connectivity index (χ2v) is 9.20. The van der Waals surface area contributed by atoms with E-state index in [-0.39, 0.29) is 11.5 Å². The lowest BCUT2D eigenvalue weighted by molar-refractivity contribution is 0.186. The van der Waals surface area contributed by atoms with Gasteiger partial charge in [-0.15, -0.1) is 11.3 Å². The third kappa shape index (κ3) is 4.89. The van der Waals surface area contributed by atoms with Crippen LogP contribution in [-0.2, 0) is 16.6 Å². The average molecular weight is 383 g/mol. The molecule has 1 aromatic heterocycles. The predicted molar refractivity (Wildman–Crippen MR) is 102 cm³/mol. The number of aliphatic hydroxyl groups is 1. The van der Waals surface area contributed by atoms with E-state index in [4.69, 9.17) is 5.73 Å². The van der Waals surface area contributed by atoms with E-state index in [9.17, 15) is 13.5 Å². The molecule has 25 heavy (non-hydrogen) atoms. The van der Waals surface area contributed by atoms with Gasteiger partial charge in [-0.3, -0.25) is 0 Å². The van der Waals surface area contributed by atoms with Gasteiger partial charge in [0.25, 0.3) is 0 Å². The number of aliphatic hydroxyl groups excluding tert-OH is 1. The Bertz CT molecular complexity index is 758. The third-order valence-corrected chi connectivity index (χ3v) is 7.04. The molecule has 0 radical (unpaired) electrons. The van der Waals surface area contributed by atoms with Crippen LogP contribution in [-0.4, -0.2) is 31.0 Å². The third-order valence-electron chi connectivity index (χ3n) is 4.04. The molecule has 7 heteroatoms. The quantitative estimate of drug-likeness (QED) is 0.698. The number of rotatable bonds is 9. The minimum absolute atomic E-state index is 0.243. The summed E-state index contributed by atoms with van der Waals surface area (Å²) in [5.41, 5.74) is 6.61. The fourth-order valence-corrected chi connectivity index (χ4v) is 5.29. The van der Waals surface area contributed by atoms with Crippen LogP contribution in [0.3, 0.4) is 0 Å². The average Bonchev–Trinajstić information content (AvgIpc) is 3.07. The van der Waals surface area contributed by atoms with Crippen molar-refractivity contribution < 1.29 is 13.5 Å². The Morgan fingerprint density at radius 1 is 1.24 bits per heavy atom. The number of benzene rings is 1. The zero-order valence-electron chi connectivity index (χ0n) is 14.6. The van der Waals surface area contributed by atoms with Gasteiger partial charge in [0.2, 0.25) is 10.0 Å². The fourth-order valence-electron chi connectivity index (χ4n) is 2.56. The van der Waals surface area contributed by atoms with E-state index in [0.717, 1.165) is 16.9 Å². The van der Waals surface area contributed by atoms with Crippen LogP contribution < -0.4 is 5.73 Å². The summed E-state index contributed by atoms with van der Waals surface area (Å²) >= 11 is 1.43. The molecule has 0 saturated heterocycles. The summed E-state index contributed by atoms with van der Waals surface area (Å²) in [5.74, 6) is 0.357. The maximum absolute atomic E-state index is 13.2. The first kappa shape index (κ1) is 20.1. The summed E-state index contributed by atoms with van der Waals surface area (Å²) in [4.78, 5) is 1.05. The van der Waals surface area contributed by atoms with Crippen LogP contribution in [0.4, 0.5) is 0 Å². The highest BCUT2D eigenvalue weighted by atomic mass is 32.2. The van der Waals surface area contributed by atoms with Crippen molar-refractivity contribution in [1.29, 1.82) is 0 Å². The van der Waals surface area contributed by atoms with Crippen molar-refractivity contribution in [2.24, 2.45) is 11.7 Å². The smallest absolute Gasteiger partial charge is 0.243 e. The van der Waals surface area contributed by atoms with Crippen LogP contribution in [0.1, 0.15) is 36.8 Å². The zero-order chi connectivity index (χ0) is 18.4. The van der Waals surface area contributed by atoms with Crippen molar-refractivity contribution >= 4 is 21.4 Å². The molecule has 138 valence electrons. The fraction of sp³-hybridized carbons (Fsp3) is 0.444. The van der Waals surface area contributed by atoms with Gasteiger partial charge in [0.1, 0.15) is 0 Å². The van der Waals surface area contributed by atoms with E-state index >= 15 is 0 Å². The number of nitrogens with two attached hydrogens (primary N) is 1. The standard InChI is InChI=1S/C18H26N2O3S2/c1-14(2)8-9-20(25(22,23)16-6-4-3-5-7-16)17(12-21)18-10-15(11-19)13-24-18/h3-7,10,13-14,17,21H,8-9,11-12,19H2,1-2H3/t17-/m1/s1. The number of thiophene rings is 1. The zero-order valence-corrected chi connectivity index (χ0v) is 16.3. The van der Waals surface area contributed by atoms with Gasteiger partial charge in [0, 0.05) is 18.0 Å². The Balaban J connectivity index is 2.43. The van der Waals surface area contributed by atoms with E-state index in [1.54, 1.807) is 30.3 Å². The molecule has 1 aromatic carbocycles. The van der Waals surface area contributed by atoms with E-state index in [0.29, 0.717) is 19.0 Å². The Kier molecular flexibility index (Phi) is 7.15. The van der Waals surface area contributed by atoms with Crippen molar-refractivity contribution in [3.8, 4) is 0 Å². The summed E-state index contributed by atoms with van der Waals surface area (Å²) in [5, 5.41) is 11.9. The lowest BCUT2D eigenvalue weighted by atomic mass is 10.1. The minimum atomic E-state index is -3.70. The predicted octanol–water partition coefficient (Wildman–Crippen LogP) is 2.98. The second kappa shape index (κ2) is 8.91.